The smallest absolute Gasteiger partial charge is 0.255 e. The zero-order valence-corrected chi connectivity index (χ0v) is 14.7. The van der Waals surface area contributed by atoms with Crippen LogP contribution < -0.4 is 15.4 Å². The second-order valence-electron chi connectivity index (χ2n) is 4.96. The molecule has 0 aromatic heterocycles. The number of hydrogen-bond acceptors (Lipinski definition) is 3. The Kier molecular flexibility index (Phi) is 5.39. The molecule has 2 aromatic carbocycles. The van der Waals surface area contributed by atoms with Crippen LogP contribution in [0.5, 0.6) is 5.75 Å². The van der Waals surface area contributed by atoms with E-state index in [0.717, 1.165) is 5.56 Å². The van der Waals surface area contributed by atoms with Crippen molar-refractivity contribution in [3.63, 3.8) is 0 Å². The molecule has 0 unspecified atom stereocenters. The molecule has 0 spiro atoms. The largest absolute Gasteiger partial charge is 0.496 e. The molecule has 0 saturated heterocycles. The summed E-state index contributed by atoms with van der Waals surface area (Å²) in [5.41, 5.74) is 2.62. The fourth-order valence-corrected chi connectivity index (χ4v) is 2.64. The molecule has 0 radical (unpaired) electrons. The molecule has 6 heteroatoms. The van der Waals surface area contributed by atoms with Gasteiger partial charge in [-0.15, -0.1) is 0 Å². The third kappa shape index (κ3) is 4.10. The molecule has 0 saturated carbocycles. The Balaban J connectivity index is 2.23. The van der Waals surface area contributed by atoms with E-state index in [-0.39, 0.29) is 11.8 Å². The van der Waals surface area contributed by atoms with Crippen LogP contribution in [-0.4, -0.2) is 18.9 Å². The van der Waals surface area contributed by atoms with Gasteiger partial charge in [0.2, 0.25) is 5.91 Å². The Morgan fingerprint density at radius 3 is 2.30 bits per heavy atom. The number of ether oxygens (including phenoxy) is 1. The maximum absolute atomic E-state index is 12.4. The summed E-state index contributed by atoms with van der Waals surface area (Å²) in [6, 6.07) is 10.5. The molecule has 2 amide bonds. The number of halogens is 1. The van der Waals surface area contributed by atoms with E-state index in [9.17, 15) is 9.59 Å². The number of methoxy groups -OCH3 is 1. The van der Waals surface area contributed by atoms with E-state index in [2.05, 4.69) is 26.6 Å². The van der Waals surface area contributed by atoms with Crippen molar-refractivity contribution in [2.24, 2.45) is 0 Å². The molecule has 120 valence electrons. The zero-order chi connectivity index (χ0) is 17.0. The zero-order valence-electron chi connectivity index (χ0n) is 13.1. The molecule has 0 heterocycles. The SMILES string of the molecule is COc1ccc(C(=O)Nc2cccc(NC(C)=O)c2C)cc1Br. The van der Waals surface area contributed by atoms with Crippen LogP contribution in [0.1, 0.15) is 22.8 Å². The monoisotopic (exact) mass is 376 g/mol. The van der Waals surface area contributed by atoms with Crippen LogP contribution in [0.15, 0.2) is 40.9 Å². The fraction of sp³-hybridized carbons (Fsp3) is 0.176. The summed E-state index contributed by atoms with van der Waals surface area (Å²) in [6.45, 7) is 3.28. The number of carbonyl (C=O) groups excluding carboxylic acids is 2. The number of amides is 2. The van der Waals surface area contributed by atoms with E-state index in [1.165, 1.54) is 6.92 Å². The van der Waals surface area contributed by atoms with Crippen molar-refractivity contribution in [1.29, 1.82) is 0 Å². The van der Waals surface area contributed by atoms with Crippen molar-refractivity contribution in [2.45, 2.75) is 13.8 Å². The molecule has 2 N–H and O–H groups in total. The Bertz CT molecular complexity index is 759. The normalized spacial score (nSPS) is 10.1. The Labute approximate surface area is 143 Å². The third-order valence-corrected chi connectivity index (χ3v) is 3.93. The molecular formula is C17H17BrN2O3. The number of anilines is 2. The second kappa shape index (κ2) is 7.28. The third-order valence-electron chi connectivity index (χ3n) is 3.31. The minimum Gasteiger partial charge on any atom is -0.496 e. The van der Waals surface area contributed by atoms with Gasteiger partial charge in [-0.25, -0.2) is 0 Å². The van der Waals surface area contributed by atoms with Crippen molar-refractivity contribution >= 4 is 39.1 Å². The molecule has 0 aliphatic heterocycles. The van der Waals surface area contributed by atoms with Crippen LogP contribution in [-0.2, 0) is 4.79 Å². The standard InChI is InChI=1S/C17H17BrN2O3/c1-10-14(19-11(2)21)5-4-6-15(10)20-17(22)12-7-8-16(23-3)13(18)9-12/h4-9H,1-3H3,(H,19,21)(H,20,22). The molecule has 5 nitrogen and oxygen atoms in total. The number of nitrogens with one attached hydrogen (secondary N) is 2. The average molecular weight is 377 g/mol. The summed E-state index contributed by atoms with van der Waals surface area (Å²) in [5, 5.41) is 5.59. The molecule has 2 aromatic rings. The van der Waals surface area contributed by atoms with Crippen LogP contribution >= 0.6 is 15.9 Å². The van der Waals surface area contributed by atoms with E-state index in [1.807, 2.05) is 6.92 Å². The highest BCUT2D eigenvalue weighted by molar-refractivity contribution is 9.10. The lowest BCUT2D eigenvalue weighted by Crippen LogP contribution is -2.14. The van der Waals surface area contributed by atoms with Crippen LogP contribution in [0.2, 0.25) is 0 Å². The van der Waals surface area contributed by atoms with Crippen LogP contribution in [0.25, 0.3) is 0 Å². The first kappa shape index (κ1) is 17.0. The lowest BCUT2D eigenvalue weighted by molar-refractivity contribution is -0.114. The van der Waals surface area contributed by atoms with Gasteiger partial charge in [0.25, 0.3) is 5.91 Å². The number of benzene rings is 2. The predicted molar refractivity (Wildman–Crippen MR) is 94.1 cm³/mol. The minimum atomic E-state index is -0.239. The summed E-state index contributed by atoms with van der Waals surface area (Å²) < 4.78 is 5.86. The van der Waals surface area contributed by atoms with Crippen LogP contribution in [0.3, 0.4) is 0 Å². The Hall–Kier alpha value is -2.34. The van der Waals surface area contributed by atoms with E-state index in [4.69, 9.17) is 4.74 Å². The van der Waals surface area contributed by atoms with Gasteiger partial charge >= 0.3 is 0 Å². The van der Waals surface area contributed by atoms with Crippen molar-refractivity contribution in [3.05, 3.63) is 52.0 Å². The molecule has 0 aliphatic carbocycles. The van der Waals surface area contributed by atoms with Gasteiger partial charge in [-0.05, 0) is 58.7 Å². The molecule has 23 heavy (non-hydrogen) atoms. The minimum absolute atomic E-state index is 0.157. The Morgan fingerprint density at radius 1 is 1.09 bits per heavy atom. The highest BCUT2D eigenvalue weighted by Crippen LogP contribution is 2.27. The van der Waals surface area contributed by atoms with Gasteiger partial charge in [-0.3, -0.25) is 9.59 Å². The first-order chi connectivity index (χ1) is 10.9. The van der Waals surface area contributed by atoms with Crippen LogP contribution in [0.4, 0.5) is 11.4 Å². The van der Waals surface area contributed by atoms with Gasteiger partial charge < -0.3 is 15.4 Å². The van der Waals surface area contributed by atoms with Gasteiger partial charge in [0.1, 0.15) is 5.75 Å². The highest BCUT2D eigenvalue weighted by Gasteiger charge is 2.12. The molecule has 0 bridgehead atoms. The maximum atomic E-state index is 12.4. The van der Waals surface area contributed by atoms with E-state index >= 15 is 0 Å². The van der Waals surface area contributed by atoms with Gasteiger partial charge in [-0.1, -0.05) is 6.07 Å². The molecular weight excluding hydrogens is 360 g/mol. The Morgan fingerprint density at radius 2 is 1.74 bits per heavy atom. The van der Waals surface area contributed by atoms with Crippen molar-refractivity contribution in [2.75, 3.05) is 17.7 Å². The summed E-state index contributed by atoms with van der Waals surface area (Å²) in [4.78, 5) is 23.6. The summed E-state index contributed by atoms with van der Waals surface area (Å²) >= 11 is 3.36. The lowest BCUT2D eigenvalue weighted by atomic mass is 10.1. The summed E-state index contributed by atoms with van der Waals surface area (Å²) in [5.74, 6) is 0.262. The number of hydrogen-bond donors (Lipinski definition) is 2. The van der Waals surface area contributed by atoms with Crippen molar-refractivity contribution < 1.29 is 14.3 Å². The van der Waals surface area contributed by atoms with E-state index in [0.29, 0.717) is 27.2 Å². The second-order valence-corrected chi connectivity index (χ2v) is 5.82. The van der Waals surface area contributed by atoms with Gasteiger partial charge in [0, 0.05) is 23.9 Å². The van der Waals surface area contributed by atoms with Gasteiger partial charge in [0.15, 0.2) is 0 Å². The van der Waals surface area contributed by atoms with Crippen molar-refractivity contribution in [1.82, 2.24) is 0 Å². The van der Waals surface area contributed by atoms with Gasteiger partial charge in [0.05, 0.1) is 11.6 Å². The predicted octanol–water partition coefficient (Wildman–Crippen LogP) is 3.98. The number of carbonyl (C=O) groups is 2. The highest BCUT2D eigenvalue weighted by atomic mass is 79.9. The molecule has 0 fully saturated rings. The maximum Gasteiger partial charge on any atom is 0.255 e. The van der Waals surface area contributed by atoms with Crippen LogP contribution in [0, 0.1) is 6.92 Å². The fourth-order valence-electron chi connectivity index (χ4n) is 2.10. The summed E-state index contributed by atoms with van der Waals surface area (Å²) in [6.07, 6.45) is 0. The quantitative estimate of drug-likeness (QED) is 0.847. The molecule has 0 atom stereocenters. The topological polar surface area (TPSA) is 67.4 Å². The average Bonchev–Trinajstić information content (AvgIpc) is 2.50. The number of rotatable bonds is 4. The lowest BCUT2D eigenvalue weighted by Gasteiger charge is -2.13. The first-order valence-corrected chi connectivity index (χ1v) is 7.73. The van der Waals surface area contributed by atoms with Gasteiger partial charge in [-0.2, -0.15) is 0 Å². The van der Waals surface area contributed by atoms with Crippen molar-refractivity contribution in [3.8, 4) is 5.75 Å². The summed E-state index contributed by atoms with van der Waals surface area (Å²) in [7, 11) is 1.57. The van der Waals surface area contributed by atoms with E-state index in [1.54, 1.807) is 43.5 Å². The van der Waals surface area contributed by atoms with E-state index < -0.39 is 0 Å². The first-order valence-electron chi connectivity index (χ1n) is 6.94. The molecule has 0 aliphatic rings. The molecule has 2 rings (SSSR count).